The van der Waals surface area contributed by atoms with E-state index < -0.39 is 23.7 Å². The average molecular weight is 636 g/mol. The number of alkyl halides is 3. The van der Waals surface area contributed by atoms with Crippen LogP contribution in [0.25, 0.3) is 22.3 Å². The fraction of sp³-hybridized carbons (Fsp3) is 0.484. The third-order valence-electron chi connectivity index (χ3n) is 8.84. The summed E-state index contributed by atoms with van der Waals surface area (Å²) in [6.07, 6.45) is -2.61. The first-order valence-electron chi connectivity index (χ1n) is 14.4. The third kappa shape index (κ3) is 5.94. The number of benzene rings is 1. The molecular formula is C31H33ClF3N3O6. The maximum Gasteiger partial charge on any atom is 0.490 e. The standard InChI is InChI=1S/C29H32ClN3O4.C2HF3O2/c1-4-29(36)12-26(34)37-15-21-22(29)10-25-27-20(14-33(25)28(21)35)19(13-32-7-5-16(2)6-8-32)18-9-17(3)23(30)11-24(18)31-27;3-2(4,5)1(6)7/h9-11,16,36H,4-8,12-15H2,1-3H3;(H,6,7)/t29-;/m1./s1. The van der Waals surface area contributed by atoms with Gasteiger partial charge in [0.15, 0.2) is 0 Å². The number of carboxylic acid groups (broad SMARTS) is 1. The van der Waals surface area contributed by atoms with E-state index in [2.05, 4.69) is 17.9 Å². The van der Waals surface area contributed by atoms with E-state index in [1.54, 1.807) is 4.57 Å². The van der Waals surface area contributed by atoms with Gasteiger partial charge in [0, 0.05) is 22.5 Å². The lowest BCUT2D eigenvalue weighted by Gasteiger charge is -2.31. The van der Waals surface area contributed by atoms with Crippen LogP contribution in [0.3, 0.4) is 0 Å². The van der Waals surface area contributed by atoms with Crippen LogP contribution in [0.2, 0.25) is 5.02 Å². The van der Waals surface area contributed by atoms with Crippen LogP contribution in [-0.4, -0.2) is 55.9 Å². The second kappa shape index (κ2) is 11.8. The quantitative estimate of drug-likeness (QED) is 0.291. The number of esters is 1. The van der Waals surface area contributed by atoms with Crippen LogP contribution in [-0.2, 0) is 39.6 Å². The number of hydrogen-bond acceptors (Lipinski definition) is 7. The normalized spacial score (nSPS) is 20.2. The molecule has 2 aromatic heterocycles. The molecule has 13 heteroatoms. The van der Waals surface area contributed by atoms with Crippen molar-refractivity contribution in [1.82, 2.24) is 14.5 Å². The Labute approximate surface area is 256 Å². The van der Waals surface area contributed by atoms with Gasteiger partial charge in [-0.2, -0.15) is 13.2 Å². The highest BCUT2D eigenvalue weighted by Gasteiger charge is 2.40. The van der Waals surface area contributed by atoms with E-state index in [-0.39, 0.29) is 18.6 Å². The number of pyridine rings is 2. The van der Waals surface area contributed by atoms with Crippen molar-refractivity contribution in [2.45, 2.75) is 77.9 Å². The van der Waals surface area contributed by atoms with Crippen LogP contribution in [0.1, 0.15) is 67.3 Å². The Morgan fingerprint density at radius 3 is 2.45 bits per heavy atom. The van der Waals surface area contributed by atoms with Gasteiger partial charge in [-0.05, 0) is 80.1 Å². The largest absolute Gasteiger partial charge is 0.490 e. The molecule has 0 spiro atoms. The van der Waals surface area contributed by atoms with Gasteiger partial charge in [-0.1, -0.05) is 25.4 Å². The molecule has 1 saturated heterocycles. The Balaban J connectivity index is 0.000000493. The van der Waals surface area contributed by atoms with Gasteiger partial charge in [0.2, 0.25) is 0 Å². The number of nitrogens with zero attached hydrogens (tertiary/aromatic N) is 3. The molecule has 3 aliphatic heterocycles. The van der Waals surface area contributed by atoms with Gasteiger partial charge in [-0.25, -0.2) is 9.78 Å². The summed E-state index contributed by atoms with van der Waals surface area (Å²) in [5.74, 6) is -2.52. The minimum atomic E-state index is -5.08. The second-order valence-corrected chi connectivity index (χ2v) is 12.2. The molecule has 5 heterocycles. The fourth-order valence-electron chi connectivity index (χ4n) is 6.11. The highest BCUT2D eigenvalue weighted by molar-refractivity contribution is 6.32. The van der Waals surface area contributed by atoms with Crippen LogP contribution in [0, 0.1) is 12.8 Å². The number of hydrogen-bond donors (Lipinski definition) is 2. The number of carboxylic acids is 1. The number of piperidine rings is 1. The molecule has 44 heavy (non-hydrogen) atoms. The van der Waals surface area contributed by atoms with Crippen molar-refractivity contribution < 1.29 is 37.7 Å². The Hall–Kier alpha value is -3.48. The SMILES string of the molecule is CC[C@@]1(O)CC(=O)OCc2c1cc1n(c2=O)Cc2c-1nc1cc(Cl)c(C)cc1c2CN1CCC(C)CC1.O=C(O)C(F)(F)F. The maximum atomic E-state index is 13.8. The zero-order valence-electron chi connectivity index (χ0n) is 24.6. The molecule has 1 aromatic carbocycles. The molecule has 0 amide bonds. The third-order valence-corrected chi connectivity index (χ3v) is 9.25. The summed E-state index contributed by atoms with van der Waals surface area (Å²) in [4.78, 5) is 42.4. The Morgan fingerprint density at radius 1 is 1.18 bits per heavy atom. The molecule has 1 atom stereocenters. The van der Waals surface area contributed by atoms with E-state index in [0.29, 0.717) is 34.8 Å². The van der Waals surface area contributed by atoms with Gasteiger partial charge in [0.1, 0.15) is 12.2 Å². The summed E-state index contributed by atoms with van der Waals surface area (Å²) in [5, 5.41) is 20.3. The molecule has 0 saturated carbocycles. The van der Waals surface area contributed by atoms with Gasteiger partial charge in [0.05, 0.1) is 35.4 Å². The first-order chi connectivity index (χ1) is 20.6. The van der Waals surface area contributed by atoms with E-state index >= 15 is 0 Å². The number of likely N-dealkylation sites (tertiary alicyclic amines) is 1. The van der Waals surface area contributed by atoms with Crippen molar-refractivity contribution in [3.05, 3.63) is 61.4 Å². The van der Waals surface area contributed by atoms with Crippen molar-refractivity contribution in [1.29, 1.82) is 0 Å². The topological polar surface area (TPSA) is 122 Å². The number of aliphatic hydroxyl groups is 1. The molecule has 3 aliphatic rings. The molecule has 9 nitrogen and oxygen atoms in total. The average Bonchev–Trinajstić information content (AvgIpc) is 3.26. The summed E-state index contributed by atoms with van der Waals surface area (Å²) in [6.45, 7) is 9.27. The zero-order chi connectivity index (χ0) is 32.1. The van der Waals surface area contributed by atoms with Gasteiger partial charge in [-0.15, -0.1) is 0 Å². The van der Waals surface area contributed by atoms with Gasteiger partial charge in [-0.3, -0.25) is 14.5 Å². The Bertz CT molecular complexity index is 1710. The smallest absolute Gasteiger partial charge is 0.475 e. The molecule has 0 unspecified atom stereocenters. The van der Waals surface area contributed by atoms with Crippen molar-refractivity contribution in [2.24, 2.45) is 5.92 Å². The van der Waals surface area contributed by atoms with Crippen LogP contribution >= 0.6 is 11.6 Å². The number of ether oxygens (including phenoxy) is 1. The molecule has 6 rings (SSSR count). The van der Waals surface area contributed by atoms with Gasteiger partial charge < -0.3 is 19.5 Å². The molecule has 0 radical (unpaired) electrons. The number of rotatable bonds is 3. The van der Waals surface area contributed by atoms with Gasteiger partial charge >= 0.3 is 18.1 Å². The summed E-state index contributed by atoms with van der Waals surface area (Å²) < 4.78 is 38.8. The minimum absolute atomic E-state index is 0.130. The van der Waals surface area contributed by atoms with Gasteiger partial charge in [0.25, 0.3) is 5.56 Å². The predicted octanol–water partition coefficient (Wildman–Crippen LogP) is 5.30. The number of fused-ring (bicyclic) bond motifs is 5. The summed E-state index contributed by atoms with van der Waals surface area (Å²) in [5.41, 5.74) is 4.59. The van der Waals surface area contributed by atoms with Crippen LogP contribution in [0.5, 0.6) is 0 Å². The van der Waals surface area contributed by atoms with Crippen molar-refractivity contribution in [3.8, 4) is 11.4 Å². The van der Waals surface area contributed by atoms with E-state index in [0.717, 1.165) is 53.3 Å². The molecule has 236 valence electrons. The van der Waals surface area contributed by atoms with Crippen molar-refractivity contribution >= 4 is 34.4 Å². The predicted molar refractivity (Wildman–Crippen MR) is 156 cm³/mol. The lowest BCUT2D eigenvalue weighted by atomic mass is 9.85. The number of aliphatic carboxylic acids is 1. The van der Waals surface area contributed by atoms with Crippen molar-refractivity contribution in [2.75, 3.05) is 13.1 Å². The first-order valence-corrected chi connectivity index (χ1v) is 14.8. The summed E-state index contributed by atoms with van der Waals surface area (Å²) in [7, 11) is 0. The van der Waals surface area contributed by atoms with E-state index in [1.165, 1.54) is 18.4 Å². The Morgan fingerprint density at radius 2 is 1.84 bits per heavy atom. The molecule has 1 fully saturated rings. The molecule has 0 bridgehead atoms. The number of cyclic esters (lactones) is 1. The lowest BCUT2D eigenvalue weighted by Crippen LogP contribution is -2.33. The molecular weight excluding hydrogens is 603 g/mol. The summed E-state index contributed by atoms with van der Waals surface area (Å²) >= 11 is 6.52. The maximum absolute atomic E-state index is 13.8. The zero-order valence-corrected chi connectivity index (χ0v) is 25.3. The summed E-state index contributed by atoms with van der Waals surface area (Å²) in [6, 6.07) is 5.88. The number of carbonyl (C=O) groups excluding carboxylic acids is 1. The monoisotopic (exact) mass is 635 g/mol. The fourth-order valence-corrected chi connectivity index (χ4v) is 6.27. The van der Waals surface area contributed by atoms with Crippen LogP contribution < -0.4 is 5.56 Å². The number of halogens is 4. The van der Waals surface area contributed by atoms with E-state index in [9.17, 15) is 27.9 Å². The van der Waals surface area contributed by atoms with Crippen LogP contribution in [0.15, 0.2) is 23.0 Å². The van der Waals surface area contributed by atoms with E-state index in [4.69, 9.17) is 31.2 Å². The van der Waals surface area contributed by atoms with Crippen molar-refractivity contribution in [3.63, 3.8) is 0 Å². The molecule has 2 N–H and O–H groups in total. The molecule has 3 aromatic rings. The number of aromatic nitrogens is 2. The number of aryl methyl sites for hydroxylation is 1. The minimum Gasteiger partial charge on any atom is -0.475 e. The molecule has 0 aliphatic carbocycles. The lowest BCUT2D eigenvalue weighted by molar-refractivity contribution is -0.192. The van der Waals surface area contributed by atoms with E-state index in [1.807, 2.05) is 26.0 Å². The first kappa shape index (κ1) is 31.9. The highest BCUT2D eigenvalue weighted by atomic mass is 35.5. The second-order valence-electron chi connectivity index (χ2n) is 11.8. The number of carbonyl (C=O) groups is 2. The van der Waals surface area contributed by atoms with Crippen LogP contribution in [0.4, 0.5) is 13.2 Å². The highest BCUT2D eigenvalue weighted by Crippen LogP contribution is 2.41. The Kier molecular flexibility index (Phi) is 8.56.